The van der Waals surface area contributed by atoms with E-state index in [1.54, 1.807) is 7.11 Å². The van der Waals surface area contributed by atoms with E-state index < -0.39 is 11.8 Å². The summed E-state index contributed by atoms with van der Waals surface area (Å²) in [5.74, 6) is -1.20. The zero-order valence-electron chi connectivity index (χ0n) is 8.63. The molecular weight excluding hydrogens is 168 g/mol. The normalized spacial score (nSPS) is 14.7. The fraction of sp³-hybridized carbons (Fsp3) is 0.700. The summed E-state index contributed by atoms with van der Waals surface area (Å²) in [7, 11) is 1.55. The molecule has 0 radical (unpaired) electrons. The third-order valence-corrected chi connectivity index (χ3v) is 1.99. The molecular formula is C10H18O3. The lowest BCUT2D eigenvalue weighted by Crippen LogP contribution is -2.35. The fourth-order valence-electron chi connectivity index (χ4n) is 1.19. The second kappa shape index (κ2) is 5.75. The summed E-state index contributed by atoms with van der Waals surface area (Å²) < 4.78 is 10.4. The zero-order chi connectivity index (χ0) is 10.3. The van der Waals surface area contributed by atoms with Gasteiger partial charge in [-0.1, -0.05) is 20.4 Å². The molecule has 76 valence electrons. The van der Waals surface area contributed by atoms with Crippen LogP contribution in [0.15, 0.2) is 12.7 Å². The monoisotopic (exact) mass is 186 g/mol. The summed E-state index contributed by atoms with van der Waals surface area (Å²) in [6, 6.07) is 0. The first-order valence-corrected chi connectivity index (χ1v) is 4.54. The van der Waals surface area contributed by atoms with Gasteiger partial charge in [0.2, 0.25) is 5.79 Å². The highest BCUT2D eigenvalue weighted by Gasteiger charge is 2.30. The Balaban J connectivity index is 4.36. The van der Waals surface area contributed by atoms with Crippen molar-refractivity contribution < 1.29 is 14.3 Å². The molecule has 3 nitrogen and oxygen atoms in total. The predicted octanol–water partition coefficient (Wildman–Crippen LogP) is 2.27. The van der Waals surface area contributed by atoms with Crippen molar-refractivity contribution in [1.29, 1.82) is 0 Å². The van der Waals surface area contributed by atoms with Crippen molar-refractivity contribution in [3.8, 4) is 0 Å². The van der Waals surface area contributed by atoms with E-state index in [1.807, 2.05) is 13.8 Å². The molecule has 0 aliphatic carbocycles. The molecule has 0 aliphatic heterocycles. The standard InChI is InChI=1S/C10H18O3/c1-5-8-10(7-3,12-4)13-9(11)6-2/h6H,2,5,7-8H2,1,3-4H3. The number of carbonyl (C=O) groups excluding carboxylic acids is 1. The van der Waals surface area contributed by atoms with E-state index in [-0.39, 0.29) is 0 Å². The van der Waals surface area contributed by atoms with Gasteiger partial charge in [0.15, 0.2) is 0 Å². The quantitative estimate of drug-likeness (QED) is 0.362. The fourth-order valence-corrected chi connectivity index (χ4v) is 1.19. The number of carbonyl (C=O) groups is 1. The number of ether oxygens (including phenoxy) is 2. The van der Waals surface area contributed by atoms with Gasteiger partial charge < -0.3 is 9.47 Å². The van der Waals surface area contributed by atoms with Gasteiger partial charge in [0.25, 0.3) is 0 Å². The molecule has 0 saturated heterocycles. The third-order valence-electron chi connectivity index (χ3n) is 1.99. The molecule has 3 heteroatoms. The first-order valence-electron chi connectivity index (χ1n) is 4.54. The van der Waals surface area contributed by atoms with E-state index in [4.69, 9.17) is 9.47 Å². The van der Waals surface area contributed by atoms with Gasteiger partial charge in [-0.05, 0) is 6.42 Å². The number of rotatable bonds is 6. The van der Waals surface area contributed by atoms with Crippen LogP contribution in [0.3, 0.4) is 0 Å². The Morgan fingerprint density at radius 1 is 1.54 bits per heavy atom. The van der Waals surface area contributed by atoms with Crippen LogP contribution in [0.25, 0.3) is 0 Å². The van der Waals surface area contributed by atoms with Gasteiger partial charge in [0.05, 0.1) is 0 Å². The maximum Gasteiger partial charge on any atom is 0.332 e. The van der Waals surface area contributed by atoms with E-state index in [0.29, 0.717) is 12.8 Å². The van der Waals surface area contributed by atoms with E-state index in [0.717, 1.165) is 12.5 Å². The minimum Gasteiger partial charge on any atom is -0.430 e. The molecule has 0 aliphatic rings. The lowest BCUT2D eigenvalue weighted by molar-refractivity contribution is -0.221. The van der Waals surface area contributed by atoms with Crippen LogP contribution in [-0.2, 0) is 14.3 Å². The molecule has 0 saturated carbocycles. The van der Waals surface area contributed by atoms with Crippen molar-refractivity contribution in [2.45, 2.75) is 38.9 Å². The van der Waals surface area contributed by atoms with Gasteiger partial charge in [-0.2, -0.15) is 0 Å². The van der Waals surface area contributed by atoms with Gasteiger partial charge in [-0.25, -0.2) is 4.79 Å². The molecule has 0 aromatic carbocycles. The highest BCUT2D eigenvalue weighted by atomic mass is 16.7. The smallest absolute Gasteiger partial charge is 0.332 e. The molecule has 1 unspecified atom stereocenters. The van der Waals surface area contributed by atoms with Crippen molar-refractivity contribution in [2.75, 3.05) is 7.11 Å². The molecule has 0 heterocycles. The molecule has 0 fully saturated rings. The summed E-state index contributed by atoms with van der Waals surface area (Å²) in [6.45, 7) is 7.29. The van der Waals surface area contributed by atoms with E-state index in [2.05, 4.69) is 6.58 Å². The minimum absolute atomic E-state index is 0.433. The largest absolute Gasteiger partial charge is 0.430 e. The Morgan fingerprint density at radius 2 is 2.15 bits per heavy atom. The first kappa shape index (κ1) is 12.2. The second-order valence-electron chi connectivity index (χ2n) is 2.84. The SMILES string of the molecule is C=CC(=O)OC(CC)(CCC)OC. The number of hydrogen-bond acceptors (Lipinski definition) is 3. The van der Waals surface area contributed by atoms with E-state index in [1.165, 1.54) is 0 Å². The van der Waals surface area contributed by atoms with Gasteiger partial charge in [0, 0.05) is 26.0 Å². The lowest BCUT2D eigenvalue weighted by atomic mass is 10.1. The minimum atomic E-state index is -0.764. The summed E-state index contributed by atoms with van der Waals surface area (Å²) in [4.78, 5) is 11.0. The van der Waals surface area contributed by atoms with E-state index >= 15 is 0 Å². The highest BCUT2D eigenvalue weighted by Crippen LogP contribution is 2.23. The second-order valence-corrected chi connectivity index (χ2v) is 2.84. The molecule has 0 N–H and O–H groups in total. The van der Waals surface area contributed by atoms with Crippen molar-refractivity contribution in [3.63, 3.8) is 0 Å². The van der Waals surface area contributed by atoms with Gasteiger partial charge >= 0.3 is 5.97 Å². The maximum atomic E-state index is 11.0. The van der Waals surface area contributed by atoms with Crippen LogP contribution in [-0.4, -0.2) is 18.9 Å². The summed E-state index contributed by atoms with van der Waals surface area (Å²) in [5.41, 5.74) is 0. The average Bonchev–Trinajstić information content (AvgIpc) is 2.17. The number of methoxy groups -OCH3 is 1. The Hall–Kier alpha value is -0.830. The van der Waals surface area contributed by atoms with Crippen LogP contribution in [0.2, 0.25) is 0 Å². The Morgan fingerprint density at radius 3 is 2.46 bits per heavy atom. The zero-order valence-corrected chi connectivity index (χ0v) is 8.63. The average molecular weight is 186 g/mol. The molecule has 0 amide bonds. The van der Waals surface area contributed by atoms with Crippen LogP contribution >= 0.6 is 0 Å². The predicted molar refractivity (Wildman–Crippen MR) is 51.2 cm³/mol. The van der Waals surface area contributed by atoms with Crippen LogP contribution in [0.4, 0.5) is 0 Å². The lowest BCUT2D eigenvalue weighted by Gasteiger charge is -2.29. The molecule has 13 heavy (non-hydrogen) atoms. The van der Waals surface area contributed by atoms with Crippen LogP contribution in [0, 0.1) is 0 Å². The van der Waals surface area contributed by atoms with Crippen molar-refractivity contribution in [3.05, 3.63) is 12.7 Å². The third kappa shape index (κ3) is 3.59. The van der Waals surface area contributed by atoms with Gasteiger partial charge in [-0.15, -0.1) is 0 Å². The summed E-state index contributed by atoms with van der Waals surface area (Å²) in [6.07, 6.45) is 3.42. The maximum absolute atomic E-state index is 11.0. The highest BCUT2D eigenvalue weighted by molar-refractivity contribution is 5.81. The topological polar surface area (TPSA) is 35.5 Å². The van der Waals surface area contributed by atoms with Crippen LogP contribution in [0.1, 0.15) is 33.1 Å². The molecule has 0 aromatic rings. The Labute approximate surface area is 79.7 Å². The number of hydrogen-bond donors (Lipinski definition) is 0. The van der Waals surface area contributed by atoms with Crippen molar-refractivity contribution in [2.24, 2.45) is 0 Å². The van der Waals surface area contributed by atoms with Gasteiger partial charge in [0.1, 0.15) is 0 Å². The molecule has 1 atom stereocenters. The van der Waals surface area contributed by atoms with Crippen LogP contribution < -0.4 is 0 Å². The summed E-state index contributed by atoms with van der Waals surface area (Å²) >= 11 is 0. The Kier molecular flexibility index (Phi) is 5.39. The van der Waals surface area contributed by atoms with Crippen molar-refractivity contribution in [1.82, 2.24) is 0 Å². The van der Waals surface area contributed by atoms with E-state index in [9.17, 15) is 4.79 Å². The molecule has 0 bridgehead atoms. The van der Waals surface area contributed by atoms with Crippen LogP contribution in [0.5, 0.6) is 0 Å². The molecule has 0 rings (SSSR count). The summed E-state index contributed by atoms with van der Waals surface area (Å²) in [5, 5.41) is 0. The number of esters is 1. The van der Waals surface area contributed by atoms with Crippen molar-refractivity contribution >= 4 is 5.97 Å². The first-order chi connectivity index (χ1) is 6.14. The molecule has 0 spiro atoms. The molecule has 0 aromatic heterocycles. The Bertz CT molecular complexity index is 171. The van der Waals surface area contributed by atoms with Gasteiger partial charge in [-0.3, -0.25) is 0 Å².